The van der Waals surface area contributed by atoms with E-state index < -0.39 is 0 Å². The zero-order chi connectivity index (χ0) is 15.1. The van der Waals surface area contributed by atoms with E-state index in [1.165, 1.54) is 0 Å². The van der Waals surface area contributed by atoms with Gasteiger partial charge in [-0.2, -0.15) is 0 Å². The normalized spacial score (nSPS) is 12.3. The van der Waals surface area contributed by atoms with Crippen LogP contribution in [0.1, 0.15) is 38.6 Å². The van der Waals surface area contributed by atoms with Crippen LogP contribution in [0.4, 0.5) is 11.6 Å². The summed E-state index contributed by atoms with van der Waals surface area (Å²) >= 11 is 0. The third-order valence-electron chi connectivity index (χ3n) is 3.39. The number of hydrogen-bond donors (Lipinski definition) is 1. The highest BCUT2D eigenvalue weighted by atomic mass is 16.5. The molecular weight excluding hydrogens is 252 g/mol. The first-order valence-corrected chi connectivity index (χ1v) is 7.38. The van der Waals surface area contributed by atoms with Crippen LogP contribution in [0.5, 0.6) is 0 Å². The number of likely N-dealkylation sites (N-methyl/N-ethyl adjacent to an activating group) is 1. The molecule has 20 heavy (non-hydrogen) atoms. The fourth-order valence-electron chi connectivity index (χ4n) is 2.13. The monoisotopic (exact) mass is 280 g/mol. The number of nitrogens with zero attached hydrogens (tertiary/aromatic N) is 3. The van der Waals surface area contributed by atoms with Gasteiger partial charge in [-0.25, -0.2) is 9.97 Å². The minimum absolute atomic E-state index is 0.276. The minimum Gasteiger partial charge on any atom is -0.383 e. The maximum Gasteiger partial charge on any atom is 0.137 e. The van der Waals surface area contributed by atoms with Gasteiger partial charge in [0.15, 0.2) is 0 Å². The summed E-state index contributed by atoms with van der Waals surface area (Å²) in [6, 6.07) is 0.276. The first-order valence-electron chi connectivity index (χ1n) is 7.38. The topological polar surface area (TPSA) is 50.3 Å². The summed E-state index contributed by atoms with van der Waals surface area (Å²) in [5.74, 6) is 2.84. The Labute approximate surface area is 122 Å². The van der Waals surface area contributed by atoms with Crippen LogP contribution in [0.2, 0.25) is 0 Å². The van der Waals surface area contributed by atoms with Crippen LogP contribution in [0, 0.1) is 6.92 Å². The summed E-state index contributed by atoms with van der Waals surface area (Å²) < 4.78 is 5.24. The number of ether oxygens (including phenoxy) is 1. The zero-order valence-corrected chi connectivity index (χ0v) is 13.7. The van der Waals surface area contributed by atoms with Gasteiger partial charge in [0.05, 0.1) is 12.6 Å². The highest BCUT2D eigenvalue weighted by Gasteiger charge is 2.17. The molecule has 0 aliphatic carbocycles. The number of methoxy groups -OCH3 is 1. The molecule has 5 heteroatoms. The Morgan fingerprint density at radius 1 is 1.30 bits per heavy atom. The van der Waals surface area contributed by atoms with Crippen LogP contribution in [-0.2, 0) is 11.2 Å². The largest absolute Gasteiger partial charge is 0.383 e. The molecule has 1 N–H and O–H groups in total. The Balaban J connectivity index is 3.14. The molecule has 114 valence electrons. The lowest BCUT2D eigenvalue weighted by molar-refractivity contribution is 0.183. The van der Waals surface area contributed by atoms with Gasteiger partial charge in [0.2, 0.25) is 0 Å². The molecule has 5 nitrogen and oxygen atoms in total. The lowest BCUT2D eigenvalue weighted by Crippen LogP contribution is -2.34. The van der Waals surface area contributed by atoms with Crippen molar-refractivity contribution in [1.29, 1.82) is 0 Å². The Hall–Kier alpha value is -1.36. The van der Waals surface area contributed by atoms with E-state index in [9.17, 15) is 0 Å². The van der Waals surface area contributed by atoms with E-state index in [2.05, 4.69) is 49.9 Å². The summed E-state index contributed by atoms with van der Waals surface area (Å²) in [5.41, 5.74) is 1.09. The zero-order valence-electron chi connectivity index (χ0n) is 13.7. The quantitative estimate of drug-likeness (QED) is 0.793. The second-order valence-corrected chi connectivity index (χ2v) is 5.13. The predicted octanol–water partition coefficient (Wildman–Crippen LogP) is 2.64. The van der Waals surface area contributed by atoms with E-state index in [1.807, 2.05) is 0 Å². The average molecular weight is 280 g/mol. The molecule has 0 radical (unpaired) electrons. The van der Waals surface area contributed by atoms with Crippen molar-refractivity contribution in [2.45, 2.75) is 46.6 Å². The minimum atomic E-state index is 0.276. The van der Waals surface area contributed by atoms with Crippen LogP contribution in [0.15, 0.2) is 0 Å². The summed E-state index contributed by atoms with van der Waals surface area (Å²) in [5, 5.41) is 3.33. The molecule has 0 aliphatic rings. The van der Waals surface area contributed by atoms with Crippen LogP contribution in [0.3, 0.4) is 0 Å². The molecule has 1 aromatic heterocycles. The fraction of sp³-hybridized carbons (Fsp3) is 0.733. The van der Waals surface area contributed by atoms with Crippen LogP contribution in [-0.4, -0.2) is 43.3 Å². The summed E-state index contributed by atoms with van der Waals surface area (Å²) in [4.78, 5) is 11.5. The molecule has 0 fully saturated rings. The molecule has 0 bridgehead atoms. The van der Waals surface area contributed by atoms with E-state index >= 15 is 0 Å². The van der Waals surface area contributed by atoms with Gasteiger partial charge in [-0.05, 0) is 27.2 Å². The van der Waals surface area contributed by atoms with Crippen molar-refractivity contribution in [3.05, 3.63) is 11.4 Å². The number of nitrogens with one attached hydrogen (secondary N) is 1. The summed E-state index contributed by atoms with van der Waals surface area (Å²) in [6.07, 6.45) is 1.95. The lowest BCUT2D eigenvalue weighted by Gasteiger charge is -2.28. The maximum atomic E-state index is 5.24. The van der Waals surface area contributed by atoms with Crippen molar-refractivity contribution in [2.24, 2.45) is 0 Å². The van der Waals surface area contributed by atoms with Crippen molar-refractivity contribution in [3.63, 3.8) is 0 Å². The highest BCUT2D eigenvalue weighted by molar-refractivity contribution is 5.58. The molecule has 0 saturated heterocycles. The fourth-order valence-corrected chi connectivity index (χ4v) is 2.13. The highest BCUT2D eigenvalue weighted by Crippen LogP contribution is 2.24. The van der Waals surface area contributed by atoms with Crippen molar-refractivity contribution in [2.75, 3.05) is 37.5 Å². The summed E-state index contributed by atoms with van der Waals surface area (Å²) in [7, 11) is 3.79. The van der Waals surface area contributed by atoms with Crippen LogP contribution in [0.25, 0.3) is 0 Å². The van der Waals surface area contributed by atoms with Crippen molar-refractivity contribution >= 4 is 11.6 Å². The van der Waals surface area contributed by atoms with E-state index in [4.69, 9.17) is 9.72 Å². The van der Waals surface area contributed by atoms with E-state index in [0.717, 1.165) is 42.4 Å². The average Bonchev–Trinajstić information content (AvgIpc) is 2.42. The van der Waals surface area contributed by atoms with Crippen molar-refractivity contribution < 1.29 is 4.74 Å². The van der Waals surface area contributed by atoms with Crippen LogP contribution < -0.4 is 10.2 Å². The maximum absolute atomic E-state index is 5.24. The molecule has 1 aromatic rings. The molecule has 1 unspecified atom stereocenters. The smallest absolute Gasteiger partial charge is 0.137 e. The van der Waals surface area contributed by atoms with Gasteiger partial charge < -0.3 is 15.0 Å². The van der Waals surface area contributed by atoms with Gasteiger partial charge in [0.25, 0.3) is 0 Å². The number of anilines is 2. The Morgan fingerprint density at radius 2 is 2.00 bits per heavy atom. The van der Waals surface area contributed by atoms with Gasteiger partial charge in [-0.3, -0.25) is 0 Å². The first-order chi connectivity index (χ1) is 9.54. The molecule has 1 atom stereocenters. The Morgan fingerprint density at radius 3 is 2.55 bits per heavy atom. The SMILES string of the molecule is CCCc1nc(NCC)c(C)c(N(C)C(C)COC)n1. The molecular formula is C15H28N4O. The van der Waals surface area contributed by atoms with Crippen molar-refractivity contribution in [1.82, 2.24) is 9.97 Å². The third-order valence-corrected chi connectivity index (χ3v) is 3.39. The molecule has 0 aliphatic heterocycles. The molecule has 0 aromatic carbocycles. The molecule has 0 amide bonds. The standard InChI is InChI=1S/C15H28N4O/c1-7-9-13-17-14(16-8-2)12(4)15(18-13)19(5)11(3)10-20-6/h11H,7-10H2,1-6H3,(H,16,17,18). The molecule has 0 spiro atoms. The van der Waals surface area contributed by atoms with Crippen LogP contribution >= 0.6 is 0 Å². The van der Waals surface area contributed by atoms with Gasteiger partial charge in [0.1, 0.15) is 17.5 Å². The van der Waals surface area contributed by atoms with Gasteiger partial charge in [-0.15, -0.1) is 0 Å². The van der Waals surface area contributed by atoms with E-state index in [0.29, 0.717) is 6.61 Å². The number of aryl methyl sites for hydroxylation is 1. The Bertz CT molecular complexity index is 423. The number of aromatic nitrogens is 2. The van der Waals surface area contributed by atoms with Gasteiger partial charge in [0, 0.05) is 32.7 Å². The molecule has 1 rings (SSSR count). The van der Waals surface area contributed by atoms with E-state index in [-0.39, 0.29) is 6.04 Å². The lowest BCUT2D eigenvalue weighted by atomic mass is 10.2. The Kier molecular flexibility index (Phi) is 6.71. The molecule has 1 heterocycles. The number of rotatable bonds is 8. The van der Waals surface area contributed by atoms with Gasteiger partial charge >= 0.3 is 0 Å². The first kappa shape index (κ1) is 16.7. The molecule has 0 saturated carbocycles. The second-order valence-electron chi connectivity index (χ2n) is 5.13. The summed E-state index contributed by atoms with van der Waals surface area (Å²) in [6.45, 7) is 9.97. The second kappa shape index (κ2) is 8.04. The predicted molar refractivity (Wildman–Crippen MR) is 84.7 cm³/mol. The van der Waals surface area contributed by atoms with Crippen molar-refractivity contribution in [3.8, 4) is 0 Å². The third kappa shape index (κ3) is 4.07. The van der Waals surface area contributed by atoms with Gasteiger partial charge in [-0.1, -0.05) is 6.92 Å². The number of hydrogen-bond acceptors (Lipinski definition) is 5. The van der Waals surface area contributed by atoms with E-state index in [1.54, 1.807) is 7.11 Å².